The third-order valence-corrected chi connectivity index (χ3v) is 8.85. The Kier molecular flexibility index (Phi) is 22.2. The minimum absolute atomic E-state index is 0.0695. The summed E-state index contributed by atoms with van der Waals surface area (Å²) >= 11 is 0. The normalized spacial score (nSPS) is 11.1. The Morgan fingerprint density at radius 3 is 1.21 bits per heavy atom. The lowest BCUT2D eigenvalue weighted by Gasteiger charge is -2.12. The molecule has 0 aromatic heterocycles. The highest BCUT2D eigenvalue weighted by Gasteiger charge is 2.08. The van der Waals surface area contributed by atoms with Gasteiger partial charge in [0.25, 0.3) is 0 Å². The Morgan fingerprint density at radius 2 is 0.857 bits per heavy atom. The first-order valence-electron chi connectivity index (χ1n) is 19.5. The molecule has 0 aliphatic rings. The Labute approximate surface area is 332 Å². The average Bonchev–Trinajstić information content (AvgIpc) is 3.23. The largest absolute Gasteiger partial charge is 0.493 e. The van der Waals surface area contributed by atoms with Crippen molar-refractivity contribution in [2.75, 3.05) is 54.9 Å². The molecule has 0 spiro atoms. The SMILES string of the molecule is COC(=O)/C=C/c1ccc(OCCCCCCCCOc2cc(CO)cc(OCCCCCCCCOc3ccc(/C=C/C(=O)OC)cc3OC)c2)c(OC)c1. The van der Waals surface area contributed by atoms with Gasteiger partial charge in [0.05, 0.1) is 61.5 Å². The van der Waals surface area contributed by atoms with Crippen molar-refractivity contribution in [1.29, 1.82) is 0 Å². The third-order valence-electron chi connectivity index (χ3n) is 8.85. The van der Waals surface area contributed by atoms with E-state index in [9.17, 15) is 14.7 Å². The Balaban J connectivity index is 1.21. The molecule has 0 atom stereocenters. The molecule has 0 amide bonds. The van der Waals surface area contributed by atoms with Gasteiger partial charge in [-0.15, -0.1) is 0 Å². The first-order valence-corrected chi connectivity index (χ1v) is 19.5. The van der Waals surface area contributed by atoms with E-state index >= 15 is 0 Å². The second-order valence-corrected chi connectivity index (χ2v) is 13.1. The maximum absolute atomic E-state index is 11.3. The molecule has 0 saturated carbocycles. The van der Waals surface area contributed by atoms with Crippen LogP contribution in [0.15, 0.2) is 66.7 Å². The number of hydrogen-bond acceptors (Lipinski definition) is 11. The Hall–Kier alpha value is -5.16. The summed E-state index contributed by atoms with van der Waals surface area (Å²) in [4.78, 5) is 22.7. The maximum Gasteiger partial charge on any atom is 0.330 e. The van der Waals surface area contributed by atoms with E-state index in [1.54, 1.807) is 26.4 Å². The average molecular weight is 777 g/mol. The second-order valence-electron chi connectivity index (χ2n) is 13.1. The van der Waals surface area contributed by atoms with Crippen LogP contribution in [0.3, 0.4) is 0 Å². The summed E-state index contributed by atoms with van der Waals surface area (Å²) in [6.07, 6.45) is 18.7. The van der Waals surface area contributed by atoms with Gasteiger partial charge in [0.15, 0.2) is 23.0 Å². The lowest BCUT2D eigenvalue weighted by molar-refractivity contribution is -0.135. The molecule has 3 aromatic rings. The van der Waals surface area contributed by atoms with Crippen LogP contribution in [0.4, 0.5) is 0 Å². The van der Waals surface area contributed by atoms with Crippen LogP contribution in [0.1, 0.15) is 93.7 Å². The van der Waals surface area contributed by atoms with Crippen LogP contribution in [-0.2, 0) is 25.7 Å². The number of methoxy groups -OCH3 is 4. The quantitative estimate of drug-likeness (QED) is 0.0412. The molecule has 1 N–H and O–H groups in total. The molecule has 56 heavy (non-hydrogen) atoms. The summed E-state index contributed by atoms with van der Waals surface area (Å²) in [7, 11) is 5.88. The zero-order chi connectivity index (χ0) is 40.2. The van der Waals surface area contributed by atoms with E-state index in [1.807, 2.05) is 54.6 Å². The predicted octanol–water partition coefficient (Wildman–Crippen LogP) is 9.17. The number of unbranched alkanes of at least 4 members (excludes halogenated alkanes) is 10. The summed E-state index contributed by atoms with van der Waals surface area (Å²) in [6.45, 7) is 2.37. The first kappa shape index (κ1) is 45.2. The molecule has 0 radical (unpaired) electrons. The summed E-state index contributed by atoms with van der Waals surface area (Å²) in [5.41, 5.74) is 2.42. The predicted molar refractivity (Wildman–Crippen MR) is 218 cm³/mol. The molecule has 11 nitrogen and oxygen atoms in total. The zero-order valence-corrected chi connectivity index (χ0v) is 33.6. The summed E-state index contributed by atoms with van der Waals surface area (Å²) in [5.74, 6) is 3.23. The van der Waals surface area contributed by atoms with Crippen LogP contribution >= 0.6 is 0 Å². The standard InChI is InChI=1S/C45H60O11/c1-49-42-31-35(19-23-44(47)51-3)17-21-40(42)55-27-15-11-7-5-9-13-25-53-38-29-37(34-46)30-39(33-38)54-26-14-10-6-8-12-16-28-56-41-22-18-36(32-43(41)50-2)20-24-45(48)52-4/h17-24,29-33,46H,5-16,25-28,34H2,1-4H3/b23-19+,24-20+. The second kappa shape index (κ2) is 27.4. The van der Waals surface area contributed by atoms with Gasteiger partial charge < -0.3 is 43.0 Å². The van der Waals surface area contributed by atoms with Crippen LogP contribution in [0.5, 0.6) is 34.5 Å². The molecule has 3 aromatic carbocycles. The molecule has 0 aliphatic carbocycles. The monoisotopic (exact) mass is 776 g/mol. The van der Waals surface area contributed by atoms with E-state index < -0.39 is 11.9 Å². The van der Waals surface area contributed by atoms with Crippen LogP contribution in [0.2, 0.25) is 0 Å². The van der Waals surface area contributed by atoms with Gasteiger partial charge in [-0.1, -0.05) is 63.5 Å². The van der Waals surface area contributed by atoms with Crippen LogP contribution in [0, 0.1) is 0 Å². The minimum Gasteiger partial charge on any atom is -0.493 e. The highest BCUT2D eigenvalue weighted by molar-refractivity contribution is 5.87. The van der Waals surface area contributed by atoms with Crippen LogP contribution < -0.4 is 28.4 Å². The fourth-order valence-electron chi connectivity index (χ4n) is 5.73. The van der Waals surface area contributed by atoms with Gasteiger partial charge in [0.1, 0.15) is 11.5 Å². The molecule has 0 bridgehead atoms. The van der Waals surface area contributed by atoms with Gasteiger partial charge in [-0.25, -0.2) is 9.59 Å². The molecule has 0 saturated heterocycles. The van der Waals surface area contributed by atoms with Gasteiger partial charge in [0, 0.05) is 18.2 Å². The van der Waals surface area contributed by atoms with E-state index in [0.717, 1.165) is 105 Å². The molecule has 0 fully saturated rings. The smallest absolute Gasteiger partial charge is 0.330 e. The highest BCUT2D eigenvalue weighted by Crippen LogP contribution is 2.30. The number of carbonyl (C=O) groups excluding carboxylic acids is 2. The van der Waals surface area contributed by atoms with Crippen molar-refractivity contribution < 1.29 is 52.6 Å². The Bertz CT molecular complexity index is 1530. The lowest BCUT2D eigenvalue weighted by Crippen LogP contribution is -2.02. The number of carbonyl (C=O) groups is 2. The fourth-order valence-corrected chi connectivity index (χ4v) is 5.73. The maximum atomic E-state index is 11.3. The van der Waals surface area contributed by atoms with E-state index in [0.29, 0.717) is 49.4 Å². The molecule has 306 valence electrons. The van der Waals surface area contributed by atoms with Gasteiger partial charge in [0.2, 0.25) is 0 Å². The van der Waals surface area contributed by atoms with Gasteiger partial charge >= 0.3 is 11.9 Å². The van der Waals surface area contributed by atoms with E-state index in [1.165, 1.54) is 26.4 Å². The van der Waals surface area contributed by atoms with E-state index in [2.05, 4.69) is 9.47 Å². The van der Waals surface area contributed by atoms with Crippen molar-refractivity contribution in [1.82, 2.24) is 0 Å². The van der Waals surface area contributed by atoms with Gasteiger partial charge in [-0.05, 0) is 90.9 Å². The van der Waals surface area contributed by atoms with Crippen LogP contribution in [0.25, 0.3) is 12.2 Å². The molecular weight excluding hydrogens is 716 g/mol. The third kappa shape index (κ3) is 18.0. The number of ether oxygens (including phenoxy) is 8. The first-order chi connectivity index (χ1) is 27.4. The summed E-state index contributed by atoms with van der Waals surface area (Å²) in [5, 5.41) is 9.76. The molecule has 0 aliphatic heterocycles. The van der Waals surface area contributed by atoms with Crippen LogP contribution in [-0.4, -0.2) is 71.9 Å². The lowest BCUT2D eigenvalue weighted by atomic mass is 10.1. The van der Waals surface area contributed by atoms with Crippen molar-refractivity contribution >= 4 is 24.1 Å². The van der Waals surface area contributed by atoms with E-state index in [-0.39, 0.29) is 6.61 Å². The summed E-state index contributed by atoms with van der Waals surface area (Å²) < 4.78 is 44.1. The highest BCUT2D eigenvalue weighted by atomic mass is 16.5. The fraction of sp³-hybridized carbons (Fsp3) is 0.467. The molecule has 3 rings (SSSR count). The van der Waals surface area contributed by atoms with Crippen molar-refractivity contribution in [2.24, 2.45) is 0 Å². The van der Waals surface area contributed by atoms with E-state index in [4.69, 9.17) is 28.4 Å². The topological polar surface area (TPSA) is 128 Å². The van der Waals surface area contributed by atoms with Crippen molar-refractivity contribution in [2.45, 2.75) is 83.7 Å². The Morgan fingerprint density at radius 1 is 0.482 bits per heavy atom. The number of esters is 2. The molecule has 0 unspecified atom stereocenters. The molecule has 11 heteroatoms. The number of aliphatic hydroxyl groups is 1. The minimum atomic E-state index is -0.410. The van der Waals surface area contributed by atoms with Gasteiger partial charge in [-0.3, -0.25) is 0 Å². The molecule has 0 heterocycles. The number of rotatable bonds is 29. The number of aliphatic hydroxyl groups excluding tert-OH is 1. The summed E-state index contributed by atoms with van der Waals surface area (Å²) in [6, 6.07) is 16.7. The number of hydrogen-bond donors (Lipinski definition) is 1. The van der Waals surface area contributed by atoms with Gasteiger partial charge in [-0.2, -0.15) is 0 Å². The van der Waals surface area contributed by atoms with Crippen molar-refractivity contribution in [3.63, 3.8) is 0 Å². The van der Waals surface area contributed by atoms with Crippen molar-refractivity contribution in [3.8, 4) is 34.5 Å². The number of benzene rings is 3. The molecular formula is C45H60O11. The van der Waals surface area contributed by atoms with Crippen molar-refractivity contribution in [3.05, 3.63) is 83.4 Å². The zero-order valence-electron chi connectivity index (χ0n) is 33.6.